The first-order valence-electron chi connectivity index (χ1n) is 7.45. The molecule has 2 heterocycles. The van der Waals surface area contributed by atoms with Crippen LogP contribution in [0.2, 0.25) is 0 Å². The van der Waals surface area contributed by atoms with Gasteiger partial charge in [0.15, 0.2) is 0 Å². The molecule has 3 rings (SSSR count). The molecule has 1 aromatic carbocycles. The quantitative estimate of drug-likeness (QED) is 0.898. The molecule has 0 spiro atoms. The van der Waals surface area contributed by atoms with E-state index in [1.807, 2.05) is 30.5 Å². The van der Waals surface area contributed by atoms with Crippen LogP contribution in [0, 0.1) is 0 Å². The van der Waals surface area contributed by atoms with Crippen LogP contribution in [0.15, 0.2) is 30.5 Å². The van der Waals surface area contributed by atoms with Gasteiger partial charge in [0.05, 0.1) is 12.7 Å². The van der Waals surface area contributed by atoms with E-state index in [4.69, 9.17) is 4.74 Å². The molecular formula is C16H21N3O2. The molecule has 1 unspecified atom stereocenters. The second-order valence-electron chi connectivity index (χ2n) is 5.38. The van der Waals surface area contributed by atoms with Crippen LogP contribution >= 0.6 is 0 Å². The predicted octanol–water partition coefficient (Wildman–Crippen LogP) is 1.62. The molecule has 1 amide bonds. The van der Waals surface area contributed by atoms with Crippen molar-refractivity contribution in [1.29, 1.82) is 0 Å². The third kappa shape index (κ3) is 3.25. The zero-order valence-corrected chi connectivity index (χ0v) is 12.3. The third-order valence-corrected chi connectivity index (χ3v) is 3.98. The minimum absolute atomic E-state index is 0.0521. The van der Waals surface area contributed by atoms with Crippen LogP contribution in [0.25, 0.3) is 10.9 Å². The van der Waals surface area contributed by atoms with E-state index in [1.165, 1.54) is 0 Å². The number of fused-ring (bicyclic) bond motifs is 1. The van der Waals surface area contributed by atoms with Gasteiger partial charge in [0.2, 0.25) is 0 Å². The molecular weight excluding hydrogens is 266 g/mol. The number of carbonyl (C=O) groups is 1. The fourth-order valence-corrected chi connectivity index (χ4v) is 2.69. The van der Waals surface area contributed by atoms with Crippen molar-refractivity contribution in [2.75, 3.05) is 32.8 Å². The maximum Gasteiger partial charge on any atom is 0.251 e. The Bertz CT molecular complexity index is 623. The SMILES string of the molecule is CCN1CCOC(CNC(=O)c2ccc3cc[nH]c3c2)C1. The van der Waals surface area contributed by atoms with Gasteiger partial charge >= 0.3 is 0 Å². The highest BCUT2D eigenvalue weighted by Crippen LogP contribution is 2.14. The number of benzene rings is 1. The average molecular weight is 287 g/mol. The maximum absolute atomic E-state index is 12.2. The summed E-state index contributed by atoms with van der Waals surface area (Å²) in [5.41, 5.74) is 1.65. The van der Waals surface area contributed by atoms with E-state index in [0.717, 1.165) is 37.1 Å². The number of aromatic amines is 1. The first kappa shape index (κ1) is 14.1. The summed E-state index contributed by atoms with van der Waals surface area (Å²) in [6.45, 7) is 6.32. The van der Waals surface area contributed by atoms with Gasteiger partial charge in [-0.3, -0.25) is 9.69 Å². The Kier molecular flexibility index (Phi) is 4.22. The number of hydrogen-bond acceptors (Lipinski definition) is 3. The monoisotopic (exact) mass is 287 g/mol. The number of nitrogens with one attached hydrogen (secondary N) is 2. The van der Waals surface area contributed by atoms with E-state index >= 15 is 0 Å². The predicted molar refractivity (Wildman–Crippen MR) is 82.5 cm³/mol. The summed E-state index contributed by atoms with van der Waals surface area (Å²) < 4.78 is 5.69. The standard InChI is InChI=1S/C16H21N3O2/c1-2-19-7-8-21-14(11-19)10-18-16(20)13-4-3-12-5-6-17-15(12)9-13/h3-6,9,14,17H,2,7-8,10-11H2,1H3,(H,18,20). The minimum atomic E-state index is -0.0521. The topological polar surface area (TPSA) is 57.4 Å². The van der Waals surface area contributed by atoms with Gasteiger partial charge in [0, 0.05) is 36.9 Å². The molecule has 0 radical (unpaired) electrons. The number of nitrogens with zero attached hydrogens (tertiary/aromatic N) is 1. The zero-order valence-electron chi connectivity index (χ0n) is 12.3. The van der Waals surface area contributed by atoms with Gasteiger partial charge in [-0.25, -0.2) is 0 Å². The molecule has 112 valence electrons. The Labute approximate surface area is 124 Å². The van der Waals surface area contributed by atoms with Gasteiger partial charge < -0.3 is 15.0 Å². The smallest absolute Gasteiger partial charge is 0.251 e. The molecule has 5 nitrogen and oxygen atoms in total. The Morgan fingerprint density at radius 3 is 3.24 bits per heavy atom. The molecule has 2 aromatic rings. The van der Waals surface area contributed by atoms with Crippen molar-refractivity contribution in [3.05, 3.63) is 36.0 Å². The number of ether oxygens (including phenoxy) is 1. The fraction of sp³-hybridized carbons (Fsp3) is 0.438. The van der Waals surface area contributed by atoms with E-state index in [0.29, 0.717) is 12.1 Å². The number of hydrogen-bond donors (Lipinski definition) is 2. The lowest BCUT2D eigenvalue weighted by Crippen LogP contribution is -2.47. The summed E-state index contributed by atoms with van der Waals surface area (Å²) in [5.74, 6) is -0.0521. The van der Waals surface area contributed by atoms with Gasteiger partial charge in [-0.2, -0.15) is 0 Å². The molecule has 0 aliphatic carbocycles. The zero-order chi connectivity index (χ0) is 14.7. The third-order valence-electron chi connectivity index (χ3n) is 3.98. The Balaban J connectivity index is 1.58. The number of aromatic nitrogens is 1. The lowest BCUT2D eigenvalue weighted by atomic mass is 10.1. The van der Waals surface area contributed by atoms with Crippen LogP contribution < -0.4 is 5.32 Å². The summed E-state index contributed by atoms with van der Waals surface area (Å²) in [6.07, 6.45) is 1.96. The van der Waals surface area contributed by atoms with Crippen molar-refractivity contribution in [2.45, 2.75) is 13.0 Å². The summed E-state index contributed by atoms with van der Waals surface area (Å²) in [7, 11) is 0. The molecule has 0 saturated carbocycles. The number of rotatable bonds is 4. The van der Waals surface area contributed by atoms with E-state index in [1.54, 1.807) is 0 Å². The summed E-state index contributed by atoms with van der Waals surface area (Å²) >= 11 is 0. The highest BCUT2D eigenvalue weighted by Gasteiger charge is 2.20. The summed E-state index contributed by atoms with van der Waals surface area (Å²) in [5, 5.41) is 4.08. The van der Waals surface area contributed by atoms with E-state index in [9.17, 15) is 4.79 Å². The van der Waals surface area contributed by atoms with Gasteiger partial charge in [-0.05, 0) is 30.1 Å². The van der Waals surface area contributed by atoms with E-state index in [2.05, 4.69) is 22.1 Å². The molecule has 0 bridgehead atoms. The lowest BCUT2D eigenvalue weighted by molar-refractivity contribution is -0.0246. The maximum atomic E-state index is 12.2. The van der Waals surface area contributed by atoms with Gasteiger partial charge in [-0.1, -0.05) is 13.0 Å². The largest absolute Gasteiger partial charge is 0.374 e. The van der Waals surface area contributed by atoms with Gasteiger partial charge in [0.1, 0.15) is 0 Å². The molecule has 2 N–H and O–H groups in total. The molecule has 1 fully saturated rings. The highest BCUT2D eigenvalue weighted by molar-refractivity contribution is 5.97. The van der Waals surface area contributed by atoms with Crippen molar-refractivity contribution >= 4 is 16.8 Å². The van der Waals surface area contributed by atoms with Crippen molar-refractivity contribution < 1.29 is 9.53 Å². The number of amides is 1. The van der Waals surface area contributed by atoms with Gasteiger partial charge in [-0.15, -0.1) is 0 Å². The normalized spacial score (nSPS) is 19.8. The summed E-state index contributed by atoms with van der Waals surface area (Å²) in [6, 6.07) is 7.68. The van der Waals surface area contributed by atoms with Crippen LogP contribution in [0.3, 0.4) is 0 Å². The second kappa shape index (κ2) is 6.28. The molecule has 21 heavy (non-hydrogen) atoms. The average Bonchev–Trinajstić information content (AvgIpc) is 3.00. The Morgan fingerprint density at radius 2 is 2.38 bits per heavy atom. The molecule has 1 saturated heterocycles. The highest BCUT2D eigenvalue weighted by atomic mass is 16.5. The second-order valence-corrected chi connectivity index (χ2v) is 5.38. The van der Waals surface area contributed by atoms with Crippen molar-refractivity contribution in [2.24, 2.45) is 0 Å². The van der Waals surface area contributed by atoms with Crippen molar-refractivity contribution in [3.63, 3.8) is 0 Å². The number of morpholine rings is 1. The van der Waals surface area contributed by atoms with Crippen LogP contribution in [0.4, 0.5) is 0 Å². The van der Waals surface area contributed by atoms with Crippen molar-refractivity contribution in [3.8, 4) is 0 Å². The van der Waals surface area contributed by atoms with Crippen LogP contribution in [-0.4, -0.2) is 54.7 Å². The first-order valence-corrected chi connectivity index (χ1v) is 7.45. The Hall–Kier alpha value is -1.85. The number of carbonyl (C=O) groups excluding carboxylic acids is 1. The molecule has 1 aliphatic heterocycles. The minimum Gasteiger partial charge on any atom is -0.374 e. The van der Waals surface area contributed by atoms with Gasteiger partial charge in [0.25, 0.3) is 5.91 Å². The number of H-pyrrole nitrogens is 1. The molecule has 1 atom stereocenters. The number of likely N-dealkylation sites (N-methyl/N-ethyl adjacent to an activating group) is 1. The van der Waals surface area contributed by atoms with E-state index in [-0.39, 0.29) is 12.0 Å². The summed E-state index contributed by atoms with van der Waals surface area (Å²) in [4.78, 5) is 17.7. The van der Waals surface area contributed by atoms with Crippen LogP contribution in [0.1, 0.15) is 17.3 Å². The van der Waals surface area contributed by atoms with Crippen LogP contribution in [0.5, 0.6) is 0 Å². The molecule has 1 aliphatic rings. The first-order chi connectivity index (χ1) is 10.3. The van der Waals surface area contributed by atoms with Crippen molar-refractivity contribution in [1.82, 2.24) is 15.2 Å². The van der Waals surface area contributed by atoms with E-state index < -0.39 is 0 Å². The fourth-order valence-electron chi connectivity index (χ4n) is 2.69. The molecule has 5 heteroatoms. The van der Waals surface area contributed by atoms with Crippen LogP contribution in [-0.2, 0) is 4.74 Å². The molecule has 1 aromatic heterocycles. The lowest BCUT2D eigenvalue weighted by Gasteiger charge is -2.32. The Morgan fingerprint density at radius 1 is 1.48 bits per heavy atom.